The van der Waals surface area contributed by atoms with Crippen molar-refractivity contribution in [2.45, 2.75) is 12.3 Å². The molecule has 0 amide bonds. The van der Waals surface area contributed by atoms with Gasteiger partial charge in [-0.05, 0) is 28.1 Å². The zero-order chi connectivity index (χ0) is 15.3. The highest BCUT2D eigenvalue weighted by Gasteiger charge is 2.28. The van der Waals surface area contributed by atoms with Crippen LogP contribution in [-0.4, -0.2) is 38.7 Å². The first kappa shape index (κ1) is 17.1. The molecule has 0 heterocycles. The van der Waals surface area contributed by atoms with E-state index >= 15 is 0 Å². The summed E-state index contributed by atoms with van der Waals surface area (Å²) in [5, 5.41) is 9.90. The molecule has 0 radical (unpaired) electrons. The molecule has 1 atom stereocenters. The lowest BCUT2D eigenvalue weighted by Crippen LogP contribution is -2.20. The van der Waals surface area contributed by atoms with Gasteiger partial charge in [-0.3, -0.25) is 0 Å². The van der Waals surface area contributed by atoms with Crippen LogP contribution in [0.5, 0.6) is 11.5 Å². The predicted octanol–water partition coefficient (Wildman–Crippen LogP) is 3.08. The minimum atomic E-state index is -4.43. The van der Waals surface area contributed by atoms with Crippen LogP contribution >= 0.6 is 15.9 Å². The quantitative estimate of drug-likeness (QED) is 0.848. The maximum absolute atomic E-state index is 12.0. The molecule has 0 fully saturated rings. The van der Waals surface area contributed by atoms with Crippen LogP contribution in [0.2, 0.25) is 0 Å². The number of rotatable bonds is 6. The van der Waals surface area contributed by atoms with Gasteiger partial charge in [0.15, 0.2) is 0 Å². The monoisotopic (exact) mass is 358 g/mol. The molecule has 0 aliphatic rings. The highest BCUT2D eigenvalue weighted by atomic mass is 79.9. The third-order valence-corrected chi connectivity index (χ3v) is 3.02. The van der Waals surface area contributed by atoms with Crippen LogP contribution < -0.4 is 9.47 Å². The zero-order valence-corrected chi connectivity index (χ0v) is 12.4. The first-order valence-electron chi connectivity index (χ1n) is 5.52. The van der Waals surface area contributed by atoms with Crippen LogP contribution in [0.1, 0.15) is 11.7 Å². The van der Waals surface area contributed by atoms with Crippen molar-refractivity contribution in [3.8, 4) is 11.5 Å². The molecule has 0 spiro atoms. The van der Waals surface area contributed by atoms with E-state index in [4.69, 9.17) is 9.47 Å². The molecule has 1 aromatic carbocycles. The zero-order valence-electron chi connectivity index (χ0n) is 10.8. The first-order chi connectivity index (χ1) is 9.28. The first-order valence-corrected chi connectivity index (χ1v) is 6.31. The number of benzene rings is 1. The lowest BCUT2D eigenvalue weighted by Gasteiger charge is -2.17. The number of hydrogen-bond donors (Lipinski definition) is 1. The topological polar surface area (TPSA) is 47.9 Å². The van der Waals surface area contributed by atoms with Gasteiger partial charge < -0.3 is 19.3 Å². The van der Waals surface area contributed by atoms with Crippen molar-refractivity contribution in [3.63, 3.8) is 0 Å². The van der Waals surface area contributed by atoms with Gasteiger partial charge in [0.05, 0.1) is 25.3 Å². The van der Waals surface area contributed by atoms with Gasteiger partial charge in [0.25, 0.3) is 0 Å². The fraction of sp³-hybridized carbons (Fsp3) is 0.500. The Morgan fingerprint density at radius 3 is 2.30 bits per heavy atom. The summed E-state index contributed by atoms with van der Waals surface area (Å²) in [6, 6.07) is 3.03. The van der Waals surface area contributed by atoms with Gasteiger partial charge in [-0.25, -0.2) is 0 Å². The molecule has 20 heavy (non-hydrogen) atoms. The highest BCUT2D eigenvalue weighted by Crippen LogP contribution is 2.36. The number of halogens is 4. The largest absolute Gasteiger partial charge is 0.496 e. The predicted molar refractivity (Wildman–Crippen MR) is 69.1 cm³/mol. The second kappa shape index (κ2) is 7.14. The smallest absolute Gasteiger partial charge is 0.411 e. The summed E-state index contributed by atoms with van der Waals surface area (Å²) in [5.74, 6) is 0.747. The molecule has 8 heteroatoms. The van der Waals surface area contributed by atoms with E-state index in [1.165, 1.54) is 20.3 Å². The Labute approximate surface area is 122 Å². The molecule has 1 N–H and O–H groups in total. The molecular weight excluding hydrogens is 345 g/mol. The average Bonchev–Trinajstić information content (AvgIpc) is 2.36. The van der Waals surface area contributed by atoms with Crippen molar-refractivity contribution in [3.05, 3.63) is 22.2 Å². The maximum Gasteiger partial charge on any atom is 0.411 e. The van der Waals surface area contributed by atoms with E-state index in [9.17, 15) is 18.3 Å². The summed E-state index contributed by atoms with van der Waals surface area (Å²) in [7, 11) is 2.82. The van der Waals surface area contributed by atoms with E-state index in [2.05, 4.69) is 20.7 Å². The van der Waals surface area contributed by atoms with Gasteiger partial charge in [0.1, 0.15) is 24.2 Å². The molecule has 114 valence electrons. The van der Waals surface area contributed by atoms with Crippen LogP contribution in [-0.2, 0) is 4.74 Å². The van der Waals surface area contributed by atoms with E-state index in [1.807, 2.05) is 0 Å². The summed E-state index contributed by atoms with van der Waals surface area (Å²) in [6.07, 6.45) is -5.68. The number of alkyl halides is 3. The Morgan fingerprint density at radius 2 is 1.80 bits per heavy atom. The van der Waals surface area contributed by atoms with Crippen LogP contribution in [0.3, 0.4) is 0 Å². The van der Waals surface area contributed by atoms with E-state index < -0.39 is 25.5 Å². The Balaban J connectivity index is 2.83. The summed E-state index contributed by atoms with van der Waals surface area (Å²) in [6.45, 7) is -1.92. The number of aliphatic hydroxyl groups is 1. The lowest BCUT2D eigenvalue weighted by molar-refractivity contribution is -0.179. The second-order valence-electron chi connectivity index (χ2n) is 3.87. The summed E-state index contributed by atoms with van der Waals surface area (Å²) >= 11 is 3.24. The van der Waals surface area contributed by atoms with E-state index in [0.29, 0.717) is 16.0 Å². The molecule has 4 nitrogen and oxygen atoms in total. The number of hydrogen-bond acceptors (Lipinski definition) is 4. The van der Waals surface area contributed by atoms with Crippen molar-refractivity contribution in [2.75, 3.05) is 27.4 Å². The molecule has 0 aliphatic carbocycles. The minimum absolute atomic E-state index is 0.287. The van der Waals surface area contributed by atoms with Gasteiger partial charge >= 0.3 is 6.18 Å². The van der Waals surface area contributed by atoms with Crippen LogP contribution in [0.15, 0.2) is 16.6 Å². The van der Waals surface area contributed by atoms with Crippen molar-refractivity contribution in [2.24, 2.45) is 0 Å². The third-order valence-electron chi connectivity index (χ3n) is 2.40. The van der Waals surface area contributed by atoms with Gasteiger partial charge in [0, 0.05) is 5.56 Å². The fourth-order valence-electron chi connectivity index (χ4n) is 1.52. The second-order valence-corrected chi connectivity index (χ2v) is 4.73. The molecule has 0 bridgehead atoms. The SMILES string of the molecule is COc1cc(C(O)COCC(F)(F)F)c(OC)cc1Br. The molecule has 0 aliphatic heterocycles. The Morgan fingerprint density at radius 1 is 1.20 bits per heavy atom. The van der Waals surface area contributed by atoms with Crippen molar-refractivity contribution in [1.29, 1.82) is 0 Å². The van der Waals surface area contributed by atoms with Crippen LogP contribution in [0.25, 0.3) is 0 Å². The number of ether oxygens (including phenoxy) is 3. The highest BCUT2D eigenvalue weighted by molar-refractivity contribution is 9.10. The molecular formula is C12H14BrF3O4. The summed E-state index contributed by atoms with van der Waals surface area (Å²) in [5.41, 5.74) is 0.287. The molecule has 0 saturated heterocycles. The van der Waals surface area contributed by atoms with Gasteiger partial charge in [-0.1, -0.05) is 0 Å². The van der Waals surface area contributed by atoms with Gasteiger partial charge in [0.2, 0.25) is 0 Å². The Bertz CT molecular complexity index is 451. The maximum atomic E-state index is 12.0. The van der Waals surface area contributed by atoms with Crippen LogP contribution in [0.4, 0.5) is 13.2 Å². The average molecular weight is 359 g/mol. The van der Waals surface area contributed by atoms with E-state index in [0.717, 1.165) is 0 Å². The number of methoxy groups -OCH3 is 2. The van der Waals surface area contributed by atoms with Crippen molar-refractivity contribution in [1.82, 2.24) is 0 Å². The van der Waals surface area contributed by atoms with E-state index in [1.54, 1.807) is 6.07 Å². The minimum Gasteiger partial charge on any atom is -0.496 e. The molecule has 0 aromatic heterocycles. The standard InChI is InChI=1S/C12H14BrF3O4/c1-18-10-4-8(13)11(19-2)3-7(10)9(17)5-20-6-12(14,15)16/h3-4,9,17H,5-6H2,1-2H3. The molecule has 1 unspecified atom stereocenters. The Hall–Kier alpha value is -0.990. The van der Waals surface area contributed by atoms with Gasteiger partial charge in [-0.2, -0.15) is 13.2 Å². The van der Waals surface area contributed by atoms with Crippen LogP contribution in [0, 0.1) is 0 Å². The van der Waals surface area contributed by atoms with E-state index in [-0.39, 0.29) is 5.56 Å². The Kier molecular flexibility index (Phi) is 6.09. The van der Waals surface area contributed by atoms with Crippen molar-refractivity contribution < 1.29 is 32.5 Å². The van der Waals surface area contributed by atoms with Gasteiger partial charge in [-0.15, -0.1) is 0 Å². The molecule has 0 saturated carbocycles. The lowest BCUT2D eigenvalue weighted by atomic mass is 10.1. The summed E-state index contributed by atoms with van der Waals surface area (Å²) in [4.78, 5) is 0. The number of aliphatic hydroxyl groups excluding tert-OH is 1. The molecule has 1 aromatic rings. The normalized spacial score (nSPS) is 13.2. The van der Waals surface area contributed by atoms with Crippen molar-refractivity contribution >= 4 is 15.9 Å². The third kappa shape index (κ3) is 4.84. The fourth-order valence-corrected chi connectivity index (χ4v) is 2.00. The summed E-state index contributed by atoms with van der Waals surface area (Å²) < 4.78 is 51.1. The molecule has 1 rings (SSSR count).